The molecule has 1 aromatic heterocycles. The van der Waals surface area contributed by atoms with Crippen LogP contribution in [0.3, 0.4) is 0 Å². The van der Waals surface area contributed by atoms with E-state index in [0.29, 0.717) is 6.04 Å². The molecular formula is C16H27N3. The van der Waals surface area contributed by atoms with Gasteiger partial charge in [-0.05, 0) is 37.4 Å². The van der Waals surface area contributed by atoms with Crippen LogP contribution in [0.15, 0.2) is 18.3 Å². The Morgan fingerprint density at radius 3 is 3.00 bits per heavy atom. The fraction of sp³-hybridized carbons (Fsp3) is 0.688. The molecule has 2 atom stereocenters. The van der Waals surface area contributed by atoms with E-state index >= 15 is 0 Å². The minimum absolute atomic E-state index is 0.693. The molecule has 0 bridgehead atoms. The standard InChI is InChI=1S/C16H27N3/c1-4-17-12-14-11-16(8-9-18-14)19(3)15-7-5-6-13(2)10-15/h8-9,11,13,15,17H,4-7,10,12H2,1-3H3. The van der Waals surface area contributed by atoms with Gasteiger partial charge in [0, 0.05) is 31.5 Å². The predicted octanol–water partition coefficient (Wildman–Crippen LogP) is 3.21. The lowest BCUT2D eigenvalue weighted by Gasteiger charge is -2.35. The summed E-state index contributed by atoms with van der Waals surface area (Å²) in [5, 5.41) is 3.34. The van der Waals surface area contributed by atoms with Crippen LogP contribution >= 0.6 is 0 Å². The largest absolute Gasteiger partial charge is 0.372 e. The molecule has 1 aliphatic rings. The first kappa shape index (κ1) is 14.3. The second-order valence-corrected chi connectivity index (χ2v) is 5.82. The van der Waals surface area contributed by atoms with E-state index in [1.807, 2.05) is 6.20 Å². The number of pyridine rings is 1. The molecule has 1 fully saturated rings. The van der Waals surface area contributed by atoms with Gasteiger partial charge < -0.3 is 10.2 Å². The maximum Gasteiger partial charge on any atom is 0.0562 e. The zero-order valence-corrected chi connectivity index (χ0v) is 12.5. The van der Waals surface area contributed by atoms with Crippen LogP contribution in [0.25, 0.3) is 0 Å². The van der Waals surface area contributed by atoms with Crippen LogP contribution in [0.1, 0.15) is 45.2 Å². The quantitative estimate of drug-likeness (QED) is 0.882. The van der Waals surface area contributed by atoms with Crippen LogP contribution in [0, 0.1) is 5.92 Å². The van der Waals surface area contributed by atoms with Gasteiger partial charge in [-0.3, -0.25) is 4.98 Å². The Bertz CT molecular complexity index is 391. The van der Waals surface area contributed by atoms with Gasteiger partial charge in [0.15, 0.2) is 0 Å². The average molecular weight is 261 g/mol. The summed E-state index contributed by atoms with van der Waals surface area (Å²) in [7, 11) is 2.23. The van der Waals surface area contributed by atoms with E-state index in [-0.39, 0.29) is 0 Å². The summed E-state index contributed by atoms with van der Waals surface area (Å²) in [4.78, 5) is 6.88. The van der Waals surface area contributed by atoms with Crippen LogP contribution in [0.2, 0.25) is 0 Å². The van der Waals surface area contributed by atoms with Gasteiger partial charge in [0.25, 0.3) is 0 Å². The lowest BCUT2D eigenvalue weighted by molar-refractivity contribution is 0.336. The van der Waals surface area contributed by atoms with E-state index < -0.39 is 0 Å². The third kappa shape index (κ3) is 3.93. The van der Waals surface area contributed by atoms with Crippen molar-refractivity contribution in [2.75, 3.05) is 18.5 Å². The summed E-state index contributed by atoms with van der Waals surface area (Å²) in [5.41, 5.74) is 2.44. The smallest absolute Gasteiger partial charge is 0.0562 e. The Kier molecular flexibility index (Phi) is 5.20. The van der Waals surface area contributed by atoms with Crippen LogP contribution in [0.4, 0.5) is 5.69 Å². The van der Waals surface area contributed by atoms with Gasteiger partial charge in [0.2, 0.25) is 0 Å². The lowest BCUT2D eigenvalue weighted by Crippen LogP contribution is -2.35. The monoisotopic (exact) mass is 261 g/mol. The van der Waals surface area contributed by atoms with Crippen molar-refractivity contribution in [1.82, 2.24) is 10.3 Å². The van der Waals surface area contributed by atoms with Gasteiger partial charge in [0.1, 0.15) is 0 Å². The summed E-state index contributed by atoms with van der Waals surface area (Å²) in [6, 6.07) is 5.05. The van der Waals surface area contributed by atoms with Crippen LogP contribution in [-0.2, 0) is 6.54 Å². The highest BCUT2D eigenvalue weighted by Crippen LogP contribution is 2.29. The highest BCUT2D eigenvalue weighted by atomic mass is 15.1. The maximum atomic E-state index is 4.43. The van der Waals surface area contributed by atoms with Crippen molar-refractivity contribution in [3.63, 3.8) is 0 Å². The number of hydrogen-bond donors (Lipinski definition) is 1. The SMILES string of the molecule is CCNCc1cc(N(C)C2CCCC(C)C2)ccn1. The first-order chi connectivity index (χ1) is 9.20. The molecule has 2 rings (SSSR count). The number of rotatable bonds is 5. The zero-order chi connectivity index (χ0) is 13.7. The van der Waals surface area contributed by atoms with Crippen molar-refractivity contribution < 1.29 is 0 Å². The molecule has 1 aromatic rings. The Labute approximate surface area is 117 Å². The molecule has 0 spiro atoms. The first-order valence-electron chi connectivity index (χ1n) is 7.59. The van der Waals surface area contributed by atoms with E-state index in [0.717, 1.165) is 24.7 Å². The zero-order valence-electron chi connectivity index (χ0n) is 12.5. The molecule has 1 saturated carbocycles. The van der Waals surface area contributed by atoms with Crippen LogP contribution in [-0.4, -0.2) is 24.6 Å². The minimum atomic E-state index is 0.693. The summed E-state index contributed by atoms with van der Waals surface area (Å²) >= 11 is 0. The Hall–Kier alpha value is -1.09. The van der Waals surface area contributed by atoms with Gasteiger partial charge in [-0.25, -0.2) is 0 Å². The Balaban J connectivity index is 2.03. The molecule has 3 heteroatoms. The molecule has 3 nitrogen and oxygen atoms in total. The van der Waals surface area contributed by atoms with Crippen molar-refractivity contribution >= 4 is 5.69 Å². The van der Waals surface area contributed by atoms with Crippen molar-refractivity contribution in [1.29, 1.82) is 0 Å². The molecule has 0 radical (unpaired) electrons. The van der Waals surface area contributed by atoms with Gasteiger partial charge >= 0.3 is 0 Å². The summed E-state index contributed by atoms with van der Waals surface area (Å²) in [6.45, 7) is 6.35. The van der Waals surface area contributed by atoms with Crippen molar-refractivity contribution in [2.45, 2.75) is 52.1 Å². The fourth-order valence-electron chi connectivity index (χ4n) is 3.00. The molecule has 0 saturated heterocycles. The third-order valence-corrected chi connectivity index (χ3v) is 4.22. The van der Waals surface area contributed by atoms with Gasteiger partial charge in [0.05, 0.1) is 5.69 Å². The molecular weight excluding hydrogens is 234 g/mol. The Morgan fingerprint density at radius 1 is 1.42 bits per heavy atom. The van der Waals surface area contributed by atoms with Crippen LogP contribution in [0.5, 0.6) is 0 Å². The molecule has 0 aromatic carbocycles. The average Bonchev–Trinajstić information content (AvgIpc) is 2.44. The molecule has 1 N–H and O–H groups in total. The number of nitrogens with one attached hydrogen (secondary N) is 1. The Morgan fingerprint density at radius 2 is 2.26 bits per heavy atom. The van der Waals surface area contributed by atoms with Crippen molar-refractivity contribution in [2.24, 2.45) is 5.92 Å². The molecule has 106 valence electrons. The molecule has 0 aliphatic heterocycles. The van der Waals surface area contributed by atoms with Crippen LogP contribution < -0.4 is 10.2 Å². The summed E-state index contributed by atoms with van der Waals surface area (Å²) in [5.74, 6) is 0.865. The predicted molar refractivity (Wildman–Crippen MR) is 81.4 cm³/mol. The van der Waals surface area contributed by atoms with E-state index in [1.165, 1.54) is 31.4 Å². The third-order valence-electron chi connectivity index (χ3n) is 4.22. The second kappa shape index (κ2) is 6.90. The van der Waals surface area contributed by atoms with Gasteiger partial charge in [-0.15, -0.1) is 0 Å². The van der Waals surface area contributed by atoms with Crippen molar-refractivity contribution in [3.8, 4) is 0 Å². The molecule has 1 heterocycles. The molecule has 2 unspecified atom stereocenters. The topological polar surface area (TPSA) is 28.2 Å². The second-order valence-electron chi connectivity index (χ2n) is 5.82. The van der Waals surface area contributed by atoms with E-state index in [2.05, 4.69) is 48.2 Å². The highest BCUT2D eigenvalue weighted by molar-refractivity contribution is 5.46. The number of anilines is 1. The number of nitrogens with zero attached hydrogens (tertiary/aromatic N) is 2. The molecule has 1 aliphatic carbocycles. The first-order valence-corrected chi connectivity index (χ1v) is 7.59. The van der Waals surface area contributed by atoms with E-state index in [9.17, 15) is 0 Å². The van der Waals surface area contributed by atoms with Crippen molar-refractivity contribution in [3.05, 3.63) is 24.0 Å². The minimum Gasteiger partial charge on any atom is -0.372 e. The van der Waals surface area contributed by atoms with E-state index in [1.54, 1.807) is 0 Å². The highest BCUT2D eigenvalue weighted by Gasteiger charge is 2.22. The van der Waals surface area contributed by atoms with Gasteiger partial charge in [-0.2, -0.15) is 0 Å². The molecule has 19 heavy (non-hydrogen) atoms. The number of aromatic nitrogens is 1. The normalized spacial score (nSPS) is 23.3. The van der Waals surface area contributed by atoms with E-state index in [4.69, 9.17) is 0 Å². The summed E-state index contributed by atoms with van der Waals surface area (Å²) < 4.78 is 0. The number of hydrogen-bond acceptors (Lipinski definition) is 3. The fourth-order valence-corrected chi connectivity index (χ4v) is 3.00. The summed E-state index contributed by atoms with van der Waals surface area (Å²) in [6.07, 6.45) is 7.34. The van der Waals surface area contributed by atoms with Gasteiger partial charge in [-0.1, -0.05) is 26.7 Å². The molecule has 0 amide bonds. The maximum absolute atomic E-state index is 4.43. The lowest BCUT2D eigenvalue weighted by atomic mass is 9.86.